The summed E-state index contributed by atoms with van der Waals surface area (Å²) in [5.74, 6) is 1.51. The summed E-state index contributed by atoms with van der Waals surface area (Å²) in [5, 5.41) is 0.687. The van der Waals surface area contributed by atoms with Crippen molar-refractivity contribution >= 4 is 43.5 Å². The van der Waals surface area contributed by atoms with Gasteiger partial charge in [0.15, 0.2) is 0 Å². The standard InChI is InChI=1S/C15H13Br2ClO2/c1-19-9-6-7-10(13(8-9)20-2)14(17)11-4-3-5-12(16)15(11)18/h3-8,14H,1-2H3. The van der Waals surface area contributed by atoms with Gasteiger partial charge in [-0.15, -0.1) is 0 Å². The Labute approximate surface area is 140 Å². The monoisotopic (exact) mass is 418 g/mol. The van der Waals surface area contributed by atoms with Gasteiger partial charge in [0.25, 0.3) is 0 Å². The first kappa shape index (κ1) is 15.7. The fraction of sp³-hybridized carbons (Fsp3) is 0.200. The number of hydrogen-bond donors (Lipinski definition) is 0. The van der Waals surface area contributed by atoms with Gasteiger partial charge >= 0.3 is 0 Å². The smallest absolute Gasteiger partial charge is 0.127 e. The molecule has 2 aromatic carbocycles. The molecule has 5 heteroatoms. The summed E-state index contributed by atoms with van der Waals surface area (Å²) in [6.45, 7) is 0. The van der Waals surface area contributed by atoms with Gasteiger partial charge in [-0.25, -0.2) is 0 Å². The van der Waals surface area contributed by atoms with E-state index in [0.717, 1.165) is 27.1 Å². The Morgan fingerprint density at radius 1 is 1.05 bits per heavy atom. The van der Waals surface area contributed by atoms with Gasteiger partial charge in [-0.3, -0.25) is 0 Å². The third-order valence-corrected chi connectivity index (χ3v) is 5.27. The lowest BCUT2D eigenvalue weighted by molar-refractivity contribution is 0.391. The third kappa shape index (κ3) is 3.13. The quantitative estimate of drug-likeness (QED) is 0.599. The molecule has 0 spiro atoms. The highest BCUT2D eigenvalue weighted by molar-refractivity contribution is 9.10. The molecule has 1 unspecified atom stereocenters. The minimum atomic E-state index is -0.0617. The van der Waals surface area contributed by atoms with E-state index < -0.39 is 0 Å². The molecule has 0 amide bonds. The van der Waals surface area contributed by atoms with E-state index in [1.165, 1.54) is 0 Å². The molecule has 0 aliphatic heterocycles. The van der Waals surface area contributed by atoms with Crippen LogP contribution in [0.1, 0.15) is 16.0 Å². The summed E-state index contributed by atoms with van der Waals surface area (Å²) in [5.41, 5.74) is 1.97. The van der Waals surface area contributed by atoms with Crippen LogP contribution in [0, 0.1) is 0 Å². The number of hydrogen-bond acceptors (Lipinski definition) is 2. The molecule has 0 fully saturated rings. The van der Waals surface area contributed by atoms with Gasteiger partial charge in [0, 0.05) is 16.1 Å². The average Bonchev–Trinajstić information content (AvgIpc) is 2.48. The first-order chi connectivity index (χ1) is 9.58. The molecule has 0 radical (unpaired) electrons. The molecule has 0 saturated heterocycles. The van der Waals surface area contributed by atoms with Crippen molar-refractivity contribution in [2.45, 2.75) is 4.83 Å². The van der Waals surface area contributed by atoms with Crippen molar-refractivity contribution in [2.24, 2.45) is 0 Å². The van der Waals surface area contributed by atoms with E-state index >= 15 is 0 Å². The molecule has 2 rings (SSSR count). The van der Waals surface area contributed by atoms with Gasteiger partial charge in [-0.2, -0.15) is 0 Å². The maximum Gasteiger partial charge on any atom is 0.127 e. The van der Waals surface area contributed by atoms with E-state index in [1.54, 1.807) is 14.2 Å². The van der Waals surface area contributed by atoms with Crippen LogP contribution in [0.2, 0.25) is 5.02 Å². The Morgan fingerprint density at radius 3 is 2.45 bits per heavy atom. The fourth-order valence-corrected chi connectivity index (χ4v) is 3.42. The van der Waals surface area contributed by atoms with E-state index in [9.17, 15) is 0 Å². The maximum absolute atomic E-state index is 6.35. The van der Waals surface area contributed by atoms with Gasteiger partial charge in [0.2, 0.25) is 0 Å². The zero-order chi connectivity index (χ0) is 14.7. The van der Waals surface area contributed by atoms with Gasteiger partial charge in [-0.05, 0) is 33.6 Å². The highest BCUT2D eigenvalue weighted by Crippen LogP contribution is 2.42. The predicted octanol–water partition coefficient (Wildman–Crippen LogP) is 5.60. The zero-order valence-electron chi connectivity index (χ0n) is 11.0. The van der Waals surface area contributed by atoms with E-state index in [4.69, 9.17) is 21.1 Å². The highest BCUT2D eigenvalue weighted by Gasteiger charge is 2.19. The second kappa shape index (κ2) is 6.83. The van der Waals surface area contributed by atoms with E-state index in [2.05, 4.69) is 31.9 Å². The molecule has 106 valence electrons. The average molecular weight is 421 g/mol. The first-order valence-electron chi connectivity index (χ1n) is 5.88. The van der Waals surface area contributed by atoms with Crippen LogP contribution in [0.5, 0.6) is 11.5 Å². The Bertz CT molecular complexity index is 617. The topological polar surface area (TPSA) is 18.5 Å². The lowest BCUT2D eigenvalue weighted by Crippen LogP contribution is -1.99. The minimum absolute atomic E-state index is 0.0617. The first-order valence-corrected chi connectivity index (χ1v) is 7.97. The van der Waals surface area contributed by atoms with Crippen molar-refractivity contribution in [1.29, 1.82) is 0 Å². The molecule has 0 heterocycles. The molecule has 0 N–H and O–H groups in total. The minimum Gasteiger partial charge on any atom is -0.497 e. The Morgan fingerprint density at radius 2 is 1.80 bits per heavy atom. The fourth-order valence-electron chi connectivity index (χ4n) is 1.91. The molecule has 0 bridgehead atoms. The van der Waals surface area contributed by atoms with E-state index in [0.29, 0.717) is 5.02 Å². The molecule has 1 atom stereocenters. The molecule has 0 aliphatic carbocycles. The van der Waals surface area contributed by atoms with Gasteiger partial charge in [0.1, 0.15) is 11.5 Å². The second-order valence-corrected chi connectivity index (χ2v) is 6.26. The van der Waals surface area contributed by atoms with Crippen molar-refractivity contribution in [3.63, 3.8) is 0 Å². The van der Waals surface area contributed by atoms with Crippen molar-refractivity contribution in [3.8, 4) is 11.5 Å². The number of alkyl halides is 1. The summed E-state index contributed by atoms with van der Waals surface area (Å²) < 4.78 is 11.5. The van der Waals surface area contributed by atoms with Crippen LogP contribution in [0.3, 0.4) is 0 Å². The maximum atomic E-state index is 6.35. The Kier molecular flexibility index (Phi) is 5.35. The normalized spacial score (nSPS) is 12.1. The summed E-state index contributed by atoms with van der Waals surface area (Å²) in [7, 11) is 3.27. The zero-order valence-corrected chi connectivity index (χ0v) is 14.9. The number of rotatable bonds is 4. The lowest BCUT2D eigenvalue weighted by atomic mass is 10.0. The highest BCUT2D eigenvalue weighted by atomic mass is 79.9. The van der Waals surface area contributed by atoms with Gasteiger partial charge < -0.3 is 9.47 Å². The predicted molar refractivity (Wildman–Crippen MR) is 89.5 cm³/mol. The summed E-state index contributed by atoms with van der Waals surface area (Å²) in [4.78, 5) is -0.0617. The van der Waals surface area contributed by atoms with Crippen molar-refractivity contribution in [1.82, 2.24) is 0 Å². The van der Waals surface area contributed by atoms with Crippen LogP contribution in [-0.4, -0.2) is 14.2 Å². The number of ether oxygens (including phenoxy) is 2. The number of benzene rings is 2. The molecule has 2 nitrogen and oxygen atoms in total. The van der Waals surface area contributed by atoms with E-state index in [-0.39, 0.29) is 4.83 Å². The van der Waals surface area contributed by atoms with Crippen molar-refractivity contribution in [3.05, 3.63) is 57.0 Å². The number of halogens is 3. The summed E-state index contributed by atoms with van der Waals surface area (Å²) in [6.07, 6.45) is 0. The number of methoxy groups -OCH3 is 2. The molecule has 0 aliphatic rings. The van der Waals surface area contributed by atoms with Crippen molar-refractivity contribution < 1.29 is 9.47 Å². The lowest BCUT2D eigenvalue weighted by Gasteiger charge is -2.17. The molecule has 0 saturated carbocycles. The molecule has 20 heavy (non-hydrogen) atoms. The summed E-state index contributed by atoms with van der Waals surface area (Å²) in [6, 6.07) is 11.6. The van der Waals surface area contributed by atoms with Crippen LogP contribution >= 0.6 is 43.5 Å². The van der Waals surface area contributed by atoms with Crippen LogP contribution in [0.25, 0.3) is 0 Å². The molecular formula is C15H13Br2ClO2. The van der Waals surface area contributed by atoms with Crippen LogP contribution in [0.15, 0.2) is 40.9 Å². The summed E-state index contributed by atoms with van der Waals surface area (Å²) >= 11 is 13.5. The molecule has 0 aromatic heterocycles. The molecule has 2 aromatic rings. The van der Waals surface area contributed by atoms with Gasteiger partial charge in [0.05, 0.1) is 24.1 Å². The third-order valence-electron chi connectivity index (χ3n) is 2.97. The molecular weight excluding hydrogens is 407 g/mol. The SMILES string of the molecule is COc1ccc(C(Br)c2cccc(Br)c2Cl)c(OC)c1. The van der Waals surface area contributed by atoms with Crippen molar-refractivity contribution in [2.75, 3.05) is 14.2 Å². The largest absolute Gasteiger partial charge is 0.497 e. The van der Waals surface area contributed by atoms with Gasteiger partial charge in [-0.1, -0.05) is 45.7 Å². The Hall–Kier alpha value is -0.710. The second-order valence-electron chi connectivity index (χ2n) is 4.11. The van der Waals surface area contributed by atoms with E-state index in [1.807, 2.05) is 36.4 Å². The van der Waals surface area contributed by atoms with Crippen LogP contribution < -0.4 is 9.47 Å². The Balaban J connectivity index is 2.47. The van der Waals surface area contributed by atoms with Crippen LogP contribution in [0.4, 0.5) is 0 Å². The van der Waals surface area contributed by atoms with Crippen LogP contribution in [-0.2, 0) is 0 Å².